The Morgan fingerprint density at radius 1 is 1.06 bits per heavy atom. The quantitative estimate of drug-likeness (QED) is 0.851. The minimum atomic E-state index is -0.469. The first-order chi connectivity index (χ1) is 8.34. The molecule has 0 amide bonds. The van der Waals surface area contributed by atoms with Gasteiger partial charge in [-0.25, -0.2) is 9.97 Å². The molecule has 2 aromatic rings. The van der Waals surface area contributed by atoms with Crippen molar-refractivity contribution in [3.63, 3.8) is 0 Å². The summed E-state index contributed by atoms with van der Waals surface area (Å²) >= 11 is 0. The number of fused-ring (bicyclic) bond motifs is 1. The van der Waals surface area contributed by atoms with E-state index in [1.807, 2.05) is 0 Å². The van der Waals surface area contributed by atoms with Crippen LogP contribution in [0.25, 0.3) is 0 Å². The van der Waals surface area contributed by atoms with Gasteiger partial charge in [0, 0.05) is 18.0 Å². The van der Waals surface area contributed by atoms with E-state index >= 15 is 0 Å². The zero-order valence-electron chi connectivity index (χ0n) is 9.45. The molecule has 0 fully saturated rings. The summed E-state index contributed by atoms with van der Waals surface area (Å²) in [6.07, 6.45) is 6.28. The molecule has 0 bridgehead atoms. The Labute approximate surface area is 100 Å². The number of rotatable bonds is 2. The second-order valence-electron chi connectivity index (χ2n) is 4.55. The molecule has 86 valence electrons. The third-order valence-corrected chi connectivity index (χ3v) is 3.45. The van der Waals surface area contributed by atoms with Gasteiger partial charge in [0.25, 0.3) is 0 Å². The van der Waals surface area contributed by atoms with E-state index in [-0.39, 0.29) is 5.92 Å². The van der Waals surface area contributed by atoms with Gasteiger partial charge in [-0.3, -0.25) is 0 Å². The van der Waals surface area contributed by atoms with Crippen molar-refractivity contribution in [1.29, 1.82) is 0 Å². The van der Waals surface area contributed by atoms with E-state index in [2.05, 4.69) is 34.2 Å². The van der Waals surface area contributed by atoms with Crippen LogP contribution in [0.4, 0.5) is 0 Å². The summed E-state index contributed by atoms with van der Waals surface area (Å²) in [6.45, 7) is 0. The van der Waals surface area contributed by atoms with Crippen LogP contribution in [0.1, 0.15) is 22.8 Å². The number of aliphatic hydroxyl groups excluding tert-OH is 1. The molecule has 0 aliphatic heterocycles. The molecule has 1 heterocycles. The summed E-state index contributed by atoms with van der Waals surface area (Å²) in [5.41, 5.74) is 3.52. The van der Waals surface area contributed by atoms with Gasteiger partial charge in [-0.2, -0.15) is 0 Å². The highest BCUT2D eigenvalue weighted by Gasteiger charge is 2.28. The average Bonchev–Trinajstić information content (AvgIpc) is 2.82. The topological polar surface area (TPSA) is 46.0 Å². The average molecular weight is 226 g/mol. The Hall–Kier alpha value is -1.74. The smallest absolute Gasteiger partial charge is 0.115 e. The van der Waals surface area contributed by atoms with Gasteiger partial charge in [0.05, 0.1) is 6.10 Å². The fourth-order valence-electron chi connectivity index (χ4n) is 2.55. The highest BCUT2D eigenvalue weighted by Crippen LogP contribution is 2.34. The zero-order valence-corrected chi connectivity index (χ0v) is 9.45. The monoisotopic (exact) mass is 226 g/mol. The molecular weight excluding hydrogens is 212 g/mol. The van der Waals surface area contributed by atoms with E-state index in [0.29, 0.717) is 0 Å². The lowest BCUT2D eigenvalue weighted by Gasteiger charge is -2.16. The van der Waals surface area contributed by atoms with Crippen LogP contribution in [-0.4, -0.2) is 15.1 Å². The van der Waals surface area contributed by atoms with Crippen molar-refractivity contribution in [1.82, 2.24) is 9.97 Å². The molecule has 1 unspecified atom stereocenters. The number of aromatic nitrogens is 2. The Morgan fingerprint density at radius 2 is 1.65 bits per heavy atom. The Bertz CT molecular complexity index is 488. The summed E-state index contributed by atoms with van der Waals surface area (Å²) in [6, 6.07) is 8.39. The first kappa shape index (κ1) is 10.4. The van der Waals surface area contributed by atoms with Crippen LogP contribution in [0.3, 0.4) is 0 Å². The minimum absolute atomic E-state index is 0.249. The molecule has 1 aliphatic rings. The summed E-state index contributed by atoms with van der Waals surface area (Å²) < 4.78 is 0. The summed E-state index contributed by atoms with van der Waals surface area (Å²) in [5, 5.41) is 10.3. The van der Waals surface area contributed by atoms with Crippen molar-refractivity contribution < 1.29 is 5.11 Å². The molecule has 1 N–H and O–H groups in total. The molecule has 3 rings (SSSR count). The molecule has 1 aromatic heterocycles. The second kappa shape index (κ2) is 4.26. The van der Waals surface area contributed by atoms with Crippen molar-refractivity contribution in [2.45, 2.75) is 18.9 Å². The molecule has 3 heteroatoms. The largest absolute Gasteiger partial charge is 0.388 e. The molecule has 17 heavy (non-hydrogen) atoms. The lowest BCUT2D eigenvalue weighted by atomic mass is 9.95. The van der Waals surface area contributed by atoms with E-state index in [0.717, 1.165) is 18.4 Å². The highest BCUT2D eigenvalue weighted by atomic mass is 16.3. The number of nitrogens with zero attached hydrogens (tertiary/aromatic N) is 2. The van der Waals surface area contributed by atoms with Gasteiger partial charge in [0.1, 0.15) is 6.33 Å². The van der Waals surface area contributed by atoms with E-state index in [9.17, 15) is 5.11 Å². The maximum atomic E-state index is 10.3. The predicted molar refractivity (Wildman–Crippen MR) is 64.3 cm³/mol. The summed E-state index contributed by atoms with van der Waals surface area (Å²) in [7, 11) is 0. The van der Waals surface area contributed by atoms with E-state index < -0.39 is 6.10 Å². The predicted octanol–water partition coefficient (Wildman–Crippen LogP) is 1.93. The summed E-state index contributed by atoms with van der Waals surface area (Å²) in [5.74, 6) is 0.249. The second-order valence-corrected chi connectivity index (χ2v) is 4.55. The molecule has 0 spiro atoms. The van der Waals surface area contributed by atoms with Gasteiger partial charge >= 0.3 is 0 Å². The van der Waals surface area contributed by atoms with Crippen LogP contribution in [-0.2, 0) is 12.8 Å². The van der Waals surface area contributed by atoms with Gasteiger partial charge < -0.3 is 5.11 Å². The highest BCUT2D eigenvalue weighted by molar-refractivity contribution is 5.33. The number of hydrogen-bond donors (Lipinski definition) is 1. The van der Waals surface area contributed by atoms with Gasteiger partial charge in [-0.05, 0) is 29.9 Å². The summed E-state index contributed by atoms with van der Waals surface area (Å²) in [4.78, 5) is 7.91. The van der Waals surface area contributed by atoms with Crippen LogP contribution in [0, 0.1) is 5.92 Å². The third-order valence-electron chi connectivity index (χ3n) is 3.45. The van der Waals surface area contributed by atoms with E-state index in [1.165, 1.54) is 17.5 Å². The first-order valence-electron chi connectivity index (χ1n) is 5.84. The Balaban J connectivity index is 1.81. The van der Waals surface area contributed by atoms with E-state index in [1.54, 1.807) is 12.4 Å². The van der Waals surface area contributed by atoms with Crippen LogP contribution in [0.15, 0.2) is 43.0 Å². The normalized spacial score (nSPS) is 16.8. The van der Waals surface area contributed by atoms with E-state index in [4.69, 9.17) is 0 Å². The number of benzene rings is 1. The standard InChI is InChI=1S/C14H14N2O/c17-14(13-7-15-9-16-8-13)12-5-10-3-1-2-4-11(10)6-12/h1-4,7-9,12,14,17H,5-6H2. The Kier molecular flexibility index (Phi) is 2.61. The molecular formula is C14H14N2O. The maximum absolute atomic E-state index is 10.3. The van der Waals surface area contributed by atoms with Crippen LogP contribution < -0.4 is 0 Å². The number of aliphatic hydroxyl groups is 1. The molecule has 0 saturated carbocycles. The van der Waals surface area contributed by atoms with Crippen molar-refractivity contribution in [3.05, 3.63) is 59.7 Å². The molecule has 3 nitrogen and oxygen atoms in total. The van der Waals surface area contributed by atoms with Crippen molar-refractivity contribution in [2.24, 2.45) is 5.92 Å². The van der Waals surface area contributed by atoms with Crippen LogP contribution in [0.5, 0.6) is 0 Å². The van der Waals surface area contributed by atoms with Gasteiger partial charge in [0.15, 0.2) is 0 Å². The zero-order chi connectivity index (χ0) is 11.7. The lowest BCUT2D eigenvalue weighted by Crippen LogP contribution is -2.13. The van der Waals surface area contributed by atoms with Gasteiger partial charge in [-0.1, -0.05) is 24.3 Å². The van der Waals surface area contributed by atoms with Crippen LogP contribution in [0.2, 0.25) is 0 Å². The molecule has 1 aliphatic carbocycles. The lowest BCUT2D eigenvalue weighted by molar-refractivity contribution is 0.112. The molecule has 0 radical (unpaired) electrons. The molecule has 1 atom stereocenters. The number of hydrogen-bond acceptors (Lipinski definition) is 3. The third kappa shape index (κ3) is 1.94. The van der Waals surface area contributed by atoms with Crippen molar-refractivity contribution >= 4 is 0 Å². The van der Waals surface area contributed by atoms with Gasteiger partial charge in [0.2, 0.25) is 0 Å². The van der Waals surface area contributed by atoms with Crippen molar-refractivity contribution in [2.75, 3.05) is 0 Å². The minimum Gasteiger partial charge on any atom is -0.388 e. The fraction of sp³-hybridized carbons (Fsp3) is 0.286. The molecule has 0 saturated heterocycles. The first-order valence-corrected chi connectivity index (χ1v) is 5.84. The van der Waals surface area contributed by atoms with Gasteiger partial charge in [-0.15, -0.1) is 0 Å². The van der Waals surface area contributed by atoms with Crippen molar-refractivity contribution in [3.8, 4) is 0 Å². The SMILES string of the molecule is OC(c1cncnc1)C1Cc2ccccc2C1. The molecule has 1 aromatic carbocycles. The Morgan fingerprint density at radius 3 is 2.24 bits per heavy atom. The maximum Gasteiger partial charge on any atom is 0.115 e. The van der Waals surface area contributed by atoms with Crippen LogP contribution >= 0.6 is 0 Å². The fourth-order valence-corrected chi connectivity index (χ4v) is 2.55.